The summed E-state index contributed by atoms with van der Waals surface area (Å²) in [7, 11) is 0. The second-order valence-corrected chi connectivity index (χ2v) is 3.58. The minimum atomic E-state index is 0.0304. The molecule has 0 aliphatic rings. The van der Waals surface area contributed by atoms with E-state index < -0.39 is 0 Å². The molecular weight excluding hydrogens is 214 g/mol. The predicted molar refractivity (Wildman–Crippen MR) is 68.4 cm³/mol. The Bertz CT molecular complexity index is 497. The number of nitrogens with zero attached hydrogens (tertiary/aromatic N) is 2. The van der Waals surface area contributed by atoms with Crippen molar-refractivity contribution in [3.63, 3.8) is 0 Å². The Morgan fingerprint density at radius 3 is 2.59 bits per heavy atom. The van der Waals surface area contributed by atoms with Crippen molar-refractivity contribution in [2.45, 2.75) is 6.54 Å². The summed E-state index contributed by atoms with van der Waals surface area (Å²) < 4.78 is 2.08. The monoisotopic (exact) mass is 229 g/mol. The van der Waals surface area contributed by atoms with E-state index in [0.717, 1.165) is 11.4 Å². The number of para-hydroxylation sites is 1. The highest BCUT2D eigenvalue weighted by Gasteiger charge is 2.01. The van der Waals surface area contributed by atoms with Gasteiger partial charge in [0.1, 0.15) is 0 Å². The molecule has 0 bridgehead atoms. The number of hydrazone groups is 1. The standard InChI is InChI=1S/C12H15N5/c13-12(14)16-15-9-11-7-4-8-17(11)10-5-2-1-3-6-10/h1-8,15H,9H2,(H4,13,14,16). The van der Waals surface area contributed by atoms with Crippen LogP contribution in [0.4, 0.5) is 0 Å². The number of nitrogens with two attached hydrogens (primary N) is 2. The van der Waals surface area contributed by atoms with Gasteiger partial charge < -0.3 is 21.5 Å². The number of nitrogens with one attached hydrogen (secondary N) is 1. The van der Waals surface area contributed by atoms with Crippen LogP contribution >= 0.6 is 0 Å². The van der Waals surface area contributed by atoms with Crippen molar-refractivity contribution < 1.29 is 0 Å². The molecule has 0 aliphatic carbocycles. The minimum Gasteiger partial charge on any atom is -0.369 e. The fraction of sp³-hybridized carbons (Fsp3) is 0.0833. The van der Waals surface area contributed by atoms with E-state index >= 15 is 0 Å². The summed E-state index contributed by atoms with van der Waals surface area (Å²) in [6.45, 7) is 0.569. The summed E-state index contributed by atoms with van der Waals surface area (Å²) in [4.78, 5) is 0. The third kappa shape index (κ3) is 2.78. The van der Waals surface area contributed by atoms with Crippen LogP contribution in [-0.2, 0) is 6.54 Å². The van der Waals surface area contributed by atoms with E-state index in [9.17, 15) is 0 Å². The van der Waals surface area contributed by atoms with Crippen LogP contribution in [0, 0.1) is 0 Å². The number of rotatable bonds is 4. The van der Waals surface area contributed by atoms with Gasteiger partial charge in [-0.25, -0.2) is 0 Å². The molecule has 1 heterocycles. The Kier molecular flexibility index (Phi) is 3.30. The molecule has 2 rings (SSSR count). The lowest BCUT2D eigenvalue weighted by atomic mass is 10.3. The molecule has 0 saturated carbocycles. The zero-order valence-electron chi connectivity index (χ0n) is 9.38. The minimum absolute atomic E-state index is 0.0304. The third-order valence-electron chi connectivity index (χ3n) is 2.34. The normalized spacial score (nSPS) is 9.88. The zero-order chi connectivity index (χ0) is 12.1. The van der Waals surface area contributed by atoms with Gasteiger partial charge in [0, 0.05) is 17.6 Å². The first-order valence-electron chi connectivity index (χ1n) is 5.30. The second-order valence-electron chi connectivity index (χ2n) is 3.58. The van der Waals surface area contributed by atoms with Crippen LogP contribution in [0.25, 0.3) is 5.69 Å². The van der Waals surface area contributed by atoms with Crippen LogP contribution in [0.15, 0.2) is 53.8 Å². The Hall–Kier alpha value is -2.43. The van der Waals surface area contributed by atoms with Gasteiger partial charge >= 0.3 is 0 Å². The molecule has 1 aromatic heterocycles. The number of hydrogen-bond acceptors (Lipinski definition) is 2. The van der Waals surface area contributed by atoms with Crippen LogP contribution < -0.4 is 16.9 Å². The third-order valence-corrected chi connectivity index (χ3v) is 2.34. The summed E-state index contributed by atoms with van der Waals surface area (Å²) in [6.07, 6.45) is 2.00. The lowest BCUT2D eigenvalue weighted by Gasteiger charge is -2.08. The van der Waals surface area contributed by atoms with E-state index in [-0.39, 0.29) is 5.96 Å². The highest BCUT2D eigenvalue weighted by atomic mass is 15.3. The molecule has 5 heteroatoms. The molecule has 1 aromatic carbocycles. The molecule has 5 nitrogen and oxygen atoms in total. The van der Waals surface area contributed by atoms with Gasteiger partial charge in [-0.3, -0.25) is 0 Å². The molecule has 0 amide bonds. The van der Waals surface area contributed by atoms with Crippen LogP contribution in [0.3, 0.4) is 0 Å². The smallest absolute Gasteiger partial charge is 0.208 e. The van der Waals surface area contributed by atoms with Crippen molar-refractivity contribution in [3.8, 4) is 5.69 Å². The number of hydrogen-bond donors (Lipinski definition) is 3. The maximum absolute atomic E-state index is 5.24. The quantitative estimate of drug-likeness (QED) is 0.411. The first kappa shape index (κ1) is 11.1. The van der Waals surface area contributed by atoms with Crippen LogP contribution in [0.1, 0.15) is 5.69 Å². The Labute approximate surface area is 99.7 Å². The Balaban J connectivity index is 2.15. The van der Waals surface area contributed by atoms with E-state index in [0.29, 0.717) is 6.54 Å². The highest BCUT2D eigenvalue weighted by molar-refractivity contribution is 5.75. The molecule has 0 spiro atoms. The molecule has 0 unspecified atom stereocenters. The summed E-state index contributed by atoms with van der Waals surface area (Å²) in [5.74, 6) is 0.0304. The number of aromatic nitrogens is 1. The largest absolute Gasteiger partial charge is 0.369 e. The van der Waals surface area contributed by atoms with Gasteiger partial charge in [0.25, 0.3) is 0 Å². The van der Waals surface area contributed by atoms with Crippen molar-refractivity contribution in [1.29, 1.82) is 0 Å². The van der Waals surface area contributed by atoms with Gasteiger partial charge in [-0.2, -0.15) is 0 Å². The summed E-state index contributed by atoms with van der Waals surface area (Å²) in [5.41, 5.74) is 15.5. The van der Waals surface area contributed by atoms with Gasteiger partial charge in [-0.05, 0) is 24.3 Å². The van der Waals surface area contributed by atoms with Crippen LogP contribution in [0.5, 0.6) is 0 Å². The van der Waals surface area contributed by atoms with E-state index in [1.807, 2.05) is 48.7 Å². The summed E-state index contributed by atoms with van der Waals surface area (Å²) >= 11 is 0. The van der Waals surface area contributed by atoms with Crippen LogP contribution in [0.2, 0.25) is 0 Å². The first-order valence-corrected chi connectivity index (χ1v) is 5.30. The van der Waals surface area contributed by atoms with E-state index in [4.69, 9.17) is 11.5 Å². The molecular formula is C12H15N5. The van der Waals surface area contributed by atoms with Crippen molar-refractivity contribution in [1.82, 2.24) is 9.99 Å². The van der Waals surface area contributed by atoms with E-state index in [1.165, 1.54) is 0 Å². The average Bonchev–Trinajstić information content (AvgIpc) is 2.78. The fourth-order valence-corrected chi connectivity index (χ4v) is 1.61. The lowest BCUT2D eigenvalue weighted by molar-refractivity contribution is 0.709. The maximum Gasteiger partial charge on any atom is 0.208 e. The van der Waals surface area contributed by atoms with Gasteiger partial charge in [0.2, 0.25) is 5.96 Å². The number of benzene rings is 1. The Morgan fingerprint density at radius 2 is 1.88 bits per heavy atom. The molecule has 17 heavy (non-hydrogen) atoms. The van der Waals surface area contributed by atoms with Gasteiger partial charge in [-0.1, -0.05) is 18.2 Å². The first-order chi connectivity index (χ1) is 8.27. The van der Waals surface area contributed by atoms with Crippen molar-refractivity contribution >= 4 is 5.96 Å². The summed E-state index contributed by atoms with van der Waals surface area (Å²) in [6, 6.07) is 14.1. The van der Waals surface area contributed by atoms with Crippen molar-refractivity contribution in [3.05, 3.63) is 54.4 Å². The maximum atomic E-state index is 5.24. The van der Waals surface area contributed by atoms with Gasteiger partial charge in [0.05, 0.1) is 6.54 Å². The van der Waals surface area contributed by atoms with Crippen molar-refractivity contribution in [2.24, 2.45) is 16.6 Å². The lowest BCUT2D eigenvalue weighted by Crippen LogP contribution is -2.26. The van der Waals surface area contributed by atoms with E-state index in [2.05, 4.69) is 15.1 Å². The van der Waals surface area contributed by atoms with E-state index in [1.54, 1.807) is 0 Å². The molecule has 0 aliphatic heterocycles. The topological polar surface area (TPSA) is 81.4 Å². The number of guanidine groups is 1. The average molecular weight is 229 g/mol. The fourth-order valence-electron chi connectivity index (χ4n) is 1.61. The van der Waals surface area contributed by atoms with Crippen LogP contribution in [-0.4, -0.2) is 10.5 Å². The molecule has 2 aromatic rings. The molecule has 0 radical (unpaired) electrons. The second kappa shape index (κ2) is 5.07. The van der Waals surface area contributed by atoms with Crippen molar-refractivity contribution in [2.75, 3.05) is 0 Å². The molecule has 5 N–H and O–H groups in total. The highest BCUT2D eigenvalue weighted by Crippen LogP contribution is 2.11. The SMILES string of the molecule is NC(N)=NNCc1cccn1-c1ccccc1. The van der Waals surface area contributed by atoms with Gasteiger partial charge in [-0.15, -0.1) is 5.10 Å². The molecule has 0 saturated heterocycles. The molecule has 88 valence electrons. The molecule has 0 atom stereocenters. The molecule has 0 fully saturated rings. The zero-order valence-corrected chi connectivity index (χ0v) is 9.38. The Morgan fingerprint density at radius 1 is 1.12 bits per heavy atom. The predicted octanol–water partition coefficient (Wildman–Crippen LogP) is 0.755. The summed E-state index contributed by atoms with van der Waals surface area (Å²) in [5, 5.41) is 3.74. The van der Waals surface area contributed by atoms with Gasteiger partial charge in [0.15, 0.2) is 0 Å².